The molecule has 0 aromatic heterocycles. The van der Waals surface area contributed by atoms with E-state index in [-0.39, 0.29) is 23.9 Å². The summed E-state index contributed by atoms with van der Waals surface area (Å²) in [5, 5.41) is 0. The van der Waals surface area contributed by atoms with Crippen molar-refractivity contribution in [3.05, 3.63) is 70.8 Å². The van der Waals surface area contributed by atoms with Gasteiger partial charge >= 0.3 is 5.97 Å². The molecule has 1 fully saturated rings. The summed E-state index contributed by atoms with van der Waals surface area (Å²) >= 11 is 0. The first-order valence-corrected chi connectivity index (χ1v) is 12.2. The van der Waals surface area contributed by atoms with Crippen molar-refractivity contribution in [1.82, 2.24) is 0 Å². The number of carbonyl (C=O) groups excluding carboxylic acids is 1. The number of hydrogen-bond acceptors (Lipinski definition) is 5. The van der Waals surface area contributed by atoms with Gasteiger partial charge in [-0.15, -0.1) is 0 Å². The molecule has 0 unspecified atom stereocenters. The number of esters is 1. The molecule has 34 heavy (non-hydrogen) atoms. The van der Waals surface area contributed by atoms with Crippen molar-refractivity contribution in [2.45, 2.75) is 52.6 Å². The second kappa shape index (κ2) is 12.6. The van der Waals surface area contributed by atoms with Gasteiger partial charge in [0.15, 0.2) is 11.5 Å². The summed E-state index contributed by atoms with van der Waals surface area (Å²) in [5.41, 5.74) is 4.27. The van der Waals surface area contributed by atoms with Crippen LogP contribution in [0.4, 0.5) is 0 Å². The Hall–Kier alpha value is -2.79. The Bertz CT molecular complexity index is 963. The van der Waals surface area contributed by atoms with Crippen molar-refractivity contribution in [2.24, 2.45) is 11.8 Å². The number of ether oxygens (including phenoxy) is 4. The lowest BCUT2D eigenvalue weighted by Gasteiger charge is -2.24. The Kier molecular flexibility index (Phi) is 9.58. The predicted octanol–water partition coefficient (Wildman–Crippen LogP) is 6.10. The van der Waals surface area contributed by atoms with Gasteiger partial charge in [-0.05, 0) is 67.9 Å². The molecule has 1 aliphatic rings. The van der Waals surface area contributed by atoms with Crippen LogP contribution in [0.25, 0.3) is 0 Å². The zero-order chi connectivity index (χ0) is 24.5. The maximum absolute atomic E-state index is 12.4. The number of methoxy groups -OCH3 is 2. The van der Waals surface area contributed by atoms with Crippen molar-refractivity contribution in [1.29, 1.82) is 0 Å². The van der Waals surface area contributed by atoms with Crippen LogP contribution in [-0.4, -0.2) is 33.4 Å². The van der Waals surface area contributed by atoms with E-state index in [0.717, 1.165) is 18.4 Å². The van der Waals surface area contributed by atoms with E-state index in [1.54, 1.807) is 27.2 Å². The Labute approximate surface area is 204 Å². The number of unbranched alkanes of at least 4 members (excludes halogenated alkanes) is 1. The Morgan fingerprint density at radius 3 is 2.41 bits per heavy atom. The van der Waals surface area contributed by atoms with Gasteiger partial charge in [0.2, 0.25) is 0 Å². The van der Waals surface area contributed by atoms with Gasteiger partial charge in [0.1, 0.15) is 0 Å². The predicted molar refractivity (Wildman–Crippen MR) is 134 cm³/mol. The van der Waals surface area contributed by atoms with Crippen molar-refractivity contribution in [3.8, 4) is 11.5 Å². The summed E-state index contributed by atoms with van der Waals surface area (Å²) < 4.78 is 22.9. The summed E-state index contributed by atoms with van der Waals surface area (Å²) in [5.74, 6) is 1.33. The summed E-state index contributed by atoms with van der Waals surface area (Å²) in [6.07, 6.45) is 5.99. The highest BCUT2D eigenvalue weighted by Gasteiger charge is 2.39. The molecule has 2 aromatic carbocycles. The Morgan fingerprint density at radius 1 is 1.06 bits per heavy atom. The smallest absolute Gasteiger partial charge is 0.333 e. The fraction of sp³-hybridized carbons (Fsp3) is 0.483. The second-order valence-electron chi connectivity index (χ2n) is 8.99. The molecular formula is C29H38O5. The molecule has 0 saturated carbocycles. The van der Waals surface area contributed by atoms with E-state index >= 15 is 0 Å². The average Bonchev–Trinajstić information content (AvgIpc) is 3.27. The normalized spacial score (nSPS) is 20.3. The molecule has 0 amide bonds. The van der Waals surface area contributed by atoms with Crippen LogP contribution < -0.4 is 9.47 Å². The topological polar surface area (TPSA) is 54.0 Å². The zero-order valence-corrected chi connectivity index (χ0v) is 21.1. The van der Waals surface area contributed by atoms with E-state index in [2.05, 4.69) is 31.2 Å². The molecule has 0 N–H and O–H groups in total. The molecule has 0 bridgehead atoms. The first kappa shape index (κ1) is 25.8. The highest BCUT2D eigenvalue weighted by atomic mass is 16.5. The van der Waals surface area contributed by atoms with Gasteiger partial charge in [0.25, 0.3) is 0 Å². The lowest BCUT2D eigenvalue weighted by molar-refractivity contribution is -0.141. The van der Waals surface area contributed by atoms with Crippen LogP contribution in [0.3, 0.4) is 0 Å². The Morgan fingerprint density at radius 2 is 1.76 bits per heavy atom. The SMILES string of the molecule is C/C=C(\C)C(=O)OC[C@H]1[C@@H](Cc2ccc(CCCC)cc2)CO[C@@H]1c1ccc(OC)c(OC)c1. The van der Waals surface area contributed by atoms with Crippen LogP contribution in [0.1, 0.15) is 56.4 Å². The number of hydrogen-bond donors (Lipinski definition) is 0. The third-order valence-electron chi connectivity index (χ3n) is 6.72. The quantitative estimate of drug-likeness (QED) is 0.296. The van der Waals surface area contributed by atoms with E-state index < -0.39 is 0 Å². The van der Waals surface area contributed by atoms with Gasteiger partial charge in [-0.1, -0.05) is 49.8 Å². The average molecular weight is 467 g/mol. The third-order valence-corrected chi connectivity index (χ3v) is 6.72. The minimum atomic E-state index is -0.278. The standard InChI is InChI=1S/C29H38O5/c1-6-8-9-21-10-12-22(13-11-21)16-24-18-33-28(25(24)19-34-29(30)20(3)7-2)23-14-15-26(31-4)27(17-23)32-5/h7,10-15,17,24-25,28H,6,8-9,16,18-19H2,1-5H3/b20-7+/t24-,25-,28+/m0/s1. The molecule has 2 aromatic rings. The molecule has 5 heteroatoms. The maximum atomic E-state index is 12.4. The van der Waals surface area contributed by atoms with Crippen LogP contribution in [-0.2, 0) is 27.1 Å². The van der Waals surface area contributed by atoms with E-state index in [0.29, 0.717) is 30.3 Å². The minimum Gasteiger partial charge on any atom is -0.493 e. The van der Waals surface area contributed by atoms with Crippen LogP contribution in [0, 0.1) is 11.8 Å². The van der Waals surface area contributed by atoms with Crippen molar-refractivity contribution < 1.29 is 23.7 Å². The van der Waals surface area contributed by atoms with Gasteiger partial charge in [0.05, 0.1) is 33.5 Å². The van der Waals surface area contributed by atoms with Gasteiger partial charge < -0.3 is 18.9 Å². The zero-order valence-electron chi connectivity index (χ0n) is 21.1. The number of allylic oxidation sites excluding steroid dienone is 1. The molecule has 1 aliphatic heterocycles. The molecule has 3 rings (SSSR count). The van der Waals surface area contributed by atoms with Gasteiger partial charge in [-0.3, -0.25) is 0 Å². The minimum absolute atomic E-state index is 0.0338. The van der Waals surface area contributed by atoms with Gasteiger partial charge in [-0.25, -0.2) is 4.79 Å². The van der Waals surface area contributed by atoms with Crippen molar-refractivity contribution in [2.75, 3.05) is 27.4 Å². The highest BCUT2D eigenvalue weighted by Crippen LogP contribution is 2.42. The van der Waals surface area contributed by atoms with Gasteiger partial charge in [-0.2, -0.15) is 0 Å². The van der Waals surface area contributed by atoms with E-state index in [1.807, 2.05) is 25.1 Å². The fourth-order valence-electron chi connectivity index (χ4n) is 4.46. The number of carbonyl (C=O) groups is 1. The number of benzene rings is 2. The van der Waals surface area contributed by atoms with Gasteiger partial charge in [0, 0.05) is 11.5 Å². The molecular weight excluding hydrogens is 428 g/mol. The lowest BCUT2D eigenvalue weighted by Crippen LogP contribution is -2.24. The molecule has 1 saturated heterocycles. The van der Waals surface area contributed by atoms with Crippen molar-refractivity contribution in [3.63, 3.8) is 0 Å². The second-order valence-corrected chi connectivity index (χ2v) is 8.99. The van der Waals surface area contributed by atoms with Crippen LogP contribution in [0.2, 0.25) is 0 Å². The third kappa shape index (κ3) is 6.41. The molecule has 184 valence electrons. The van der Waals surface area contributed by atoms with Crippen molar-refractivity contribution >= 4 is 5.97 Å². The molecule has 0 spiro atoms. The maximum Gasteiger partial charge on any atom is 0.333 e. The number of rotatable bonds is 11. The molecule has 0 radical (unpaired) electrons. The summed E-state index contributed by atoms with van der Waals surface area (Å²) in [6.45, 7) is 6.75. The fourth-order valence-corrected chi connectivity index (χ4v) is 4.46. The van der Waals surface area contributed by atoms with E-state index in [9.17, 15) is 4.79 Å². The molecule has 0 aliphatic carbocycles. The largest absolute Gasteiger partial charge is 0.493 e. The summed E-state index contributed by atoms with van der Waals surface area (Å²) in [6, 6.07) is 14.8. The van der Waals surface area contributed by atoms with Crippen LogP contribution >= 0.6 is 0 Å². The first-order valence-electron chi connectivity index (χ1n) is 12.2. The summed E-state index contributed by atoms with van der Waals surface area (Å²) in [4.78, 5) is 12.4. The molecule has 5 nitrogen and oxygen atoms in total. The van der Waals surface area contributed by atoms with Crippen LogP contribution in [0.5, 0.6) is 11.5 Å². The van der Waals surface area contributed by atoms with Crippen LogP contribution in [0.15, 0.2) is 54.1 Å². The van der Waals surface area contributed by atoms with E-state index in [1.165, 1.54) is 24.0 Å². The highest BCUT2D eigenvalue weighted by molar-refractivity contribution is 5.87. The first-order chi connectivity index (χ1) is 16.5. The lowest BCUT2D eigenvalue weighted by atomic mass is 9.84. The van der Waals surface area contributed by atoms with E-state index in [4.69, 9.17) is 18.9 Å². The number of aryl methyl sites for hydroxylation is 1. The summed E-state index contributed by atoms with van der Waals surface area (Å²) in [7, 11) is 3.25. The molecule has 1 heterocycles. The molecule has 3 atom stereocenters. The monoisotopic (exact) mass is 466 g/mol. The Balaban J connectivity index is 1.80.